The molecule has 1 aromatic heterocycles. The molecule has 0 saturated heterocycles. The van der Waals surface area contributed by atoms with Crippen molar-refractivity contribution < 1.29 is 26.3 Å². The summed E-state index contributed by atoms with van der Waals surface area (Å²) in [6.45, 7) is 0. The lowest BCUT2D eigenvalue weighted by atomic mass is 10.3. The van der Waals surface area contributed by atoms with E-state index in [0.717, 1.165) is 0 Å². The van der Waals surface area contributed by atoms with Gasteiger partial charge in [-0.25, -0.2) is 5.10 Å². The first kappa shape index (κ1) is 10.7. The Morgan fingerprint density at radius 1 is 1.07 bits per heavy atom. The van der Waals surface area contributed by atoms with E-state index >= 15 is 0 Å². The summed E-state index contributed by atoms with van der Waals surface area (Å²) in [4.78, 5) is 0. The lowest BCUT2D eigenvalue weighted by Crippen LogP contribution is -2.10. The lowest BCUT2D eigenvalue weighted by Gasteiger charge is -2.13. The summed E-state index contributed by atoms with van der Waals surface area (Å²) >= 11 is 0. The van der Waals surface area contributed by atoms with E-state index in [9.17, 15) is 26.3 Å². The van der Waals surface area contributed by atoms with Gasteiger partial charge in [-0.1, -0.05) is 6.07 Å². The van der Waals surface area contributed by atoms with Crippen LogP contribution in [0.3, 0.4) is 0 Å². The summed E-state index contributed by atoms with van der Waals surface area (Å²) in [5.74, 6) is 0. The average molecular weight is 217 g/mol. The van der Waals surface area contributed by atoms with Crippen molar-refractivity contribution >= 4 is 0 Å². The first-order valence-corrected chi connectivity index (χ1v) is 3.17. The second kappa shape index (κ2) is 2.82. The SMILES string of the molecule is [CH2-]n1nc(C(F)(F)F)cc1C(F)(F)F. The van der Waals surface area contributed by atoms with Crippen LogP contribution in [0.5, 0.6) is 0 Å². The smallest absolute Gasteiger partial charge is 0.397 e. The van der Waals surface area contributed by atoms with Crippen LogP contribution in [0.4, 0.5) is 26.3 Å². The van der Waals surface area contributed by atoms with Gasteiger partial charge in [0.05, 0.1) is 0 Å². The molecule has 1 heterocycles. The second-order valence-corrected chi connectivity index (χ2v) is 2.41. The highest BCUT2D eigenvalue weighted by Gasteiger charge is 2.36. The number of halogens is 6. The predicted molar refractivity (Wildman–Crippen MR) is 33.0 cm³/mol. The van der Waals surface area contributed by atoms with Gasteiger partial charge in [0.1, 0.15) is 5.69 Å². The van der Waals surface area contributed by atoms with Gasteiger partial charge in [0.2, 0.25) is 0 Å². The van der Waals surface area contributed by atoms with E-state index in [4.69, 9.17) is 0 Å². The van der Waals surface area contributed by atoms with Gasteiger partial charge in [0.25, 0.3) is 0 Å². The highest BCUT2D eigenvalue weighted by atomic mass is 19.4. The third-order valence-electron chi connectivity index (χ3n) is 1.36. The van der Waals surface area contributed by atoms with E-state index in [0.29, 0.717) is 0 Å². The van der Waals surface area contributed by atoms with Crippen LogP contribution in [0.15, 0.2) is 6.07 Å². The van der Waals surface area contributed by atoms with Gasteiger partial charge in [0.15, 0.2) is 0 Å². The van der Waals surface area contributed by atoms with Crippen molar-refractivity contribution in [3.63, 3.8) is 0 Å². The zero-order valence-electron chi connectivity index (χ0n) is 6.45. The minimum Gasteiger partial charge on any atom is -0.397 e. The largest absolute Gasteiger partial charge is 0.433 e. The molecule has 0 spiro atoms. The second-order valence-electron chi connectivity index (χ2n) is 2.41. The molecule has 0 aliphatic heterocycles. The Hall–Kier alpha value is -1.34. The molecule has 80 valence electrons. The van der Waals surface area contributed by atoms with Crippen molar-refractivity contribution in [1.82, 2.24) is 9.78 Å². The molecule has 0 N–H and O–H groups in total. The quantitative estimate of drug-likeness (QED) is 0.482. The first-order chi connectivity index (χ1) is 6.12. The molecule has 0 unspecified atom stereocenters. The Kier molecular flexibility index (Phi) is 2.17. The molecule has 0 aromatic carbocycles. The molecule has 0 amide bonds. The summed E-state index contributed by atoms with van der Waals surface area (Å²) in [5, 5.41) is 2.61. The van der Waals surface area contributed by atoms with Gasteiger partial charge >= 0.3 is 12.4 Å². The molecule has 0 fully saturated rings. The standard InChI is InChI=1S/C6H3F6N2/c1-14-4(6(10,11)12)2-3(13-14)5(7,8)9/h2H,1H2/q-1. The number of rotatable bonds is 0. The molecule has 0 saturated carbocycles. The van der Waals surface area contributed by atoms with Crippen LogP contribution in [0.1, 0.15) is 11.4 Å². The van der Waals surface area contributed by atoms with Crippen molar-refractivity contribution in [3.05, 3.63) is 24.5 Å². The van der Waals surface area contributed by atoms with Crippen LogP contribution in [-0.4, -0.2) is 9.78 Å². The van der Waals surface area contributed by atoms with Gasteiger partial charge in [-0.15, -0.1) is 0 Å². The third kappa shape index (κ3) is 1.94. The fraction of sp³-hybridized carbons (Fsp3) is 0.333. The van der Waals surface area contributed by atoms with Gasteiger partial charge < -0.3 is 4.68 Å². The summed E-state index contributed by atoms with van der Waals surface area (Å²) in [5.41, 5.74) is -3.15. The van der Waals surface area contributed by atoms with E-state index in [2.05, 4.69) is 12.1 Å². The minimum absolute atomic E-state index is 0.0903. The number of hydrogen-bond donors (Lipinski definition) is 0. The maximum Gasteiger partial charge on any atom is 0.433 e. The maximum atomic E-state index is 12.0. The van der Waals surface area contributed by atoms with Gasteiger partial charge in [-0.3, -0.25) is 0 Å². The van der Waals surface area contributed by atoms with Crippen LogP contribution in [0.2, 0.25) is 0 Å². The molecule has 0 atom stereocenters. The lowest BCUT2D eigenvalue weighted by molar-refractivity contribution is -0.143. The Morgan fingerprint density at radius 3 is 1.79 bits per heavy atom. The van der Waals surface area contributed by atoms with Gasteiger partial charge in [-0.2, -0.15) is 33.4 Å². The van der Waals surface area contributed by atoms with E-state index in [-0.39, 0.29) is 10.7 Å². The fourth-order valence-electron chi connectivity index (χ4n) is 0.783. The topological polar surface area (TPSA) is 17.8 Å². The Labute approximate surface area is 74.1 Å². The number of nitrogens with zero attached hydrogens (tertiary/aromatic N) is 2. The van der Waals surface area contributed by atoms with Crippen molar-refractivity contribution in [2.24, 2.45) is 0 Å². The number of aromatic nitrogens is 2. The molecule has 14 heavy (non-hydrogen) atoms. The van der Waals surface area contributed by atoms with Crippen molar-refractivity contribution in [2.45, 2.75) is 12.4 Å². The molecule has 2 nitrogen and oxygen atoms in total. The van der Waals surface area contributed by atoms with Crippen LogP contribution >= 0.6 is 0 Å². The van der Waals surface area contributed by atoms with Crippen LogP contribution in [-0.2, 0) is 12.4 Å². The molecule has 0 aliphatic carbocycles. The van der Waals surface area contributed by atoms with E-state index in [1.165, 1.54) is 0 Å². The molecular weight excluding hydrogens is 214 g/mol. The fourth-order valence-corrected chi connectivity index (χ4v) is 0.783. The van der Waals surface area contributed by atoms with Gasteiger partial charge in [0, 0.05) is 0 Å². The number of hydrogen-bond acceptors (Lipinski definition) is 1. The maximum absolute atomic E-state index is 12.0. The van der Waals surface area contributed by atoms with Crippen molar-refractivity contribution in [2.75, 3.05) is 0 Å². The van der Waals surface area contributed by atoms with Crippen LogP contribution in [0.25, 0.3) is 0 Å². The van der Waals surface area contributed by atoms with E-state index in [1.807, 2.05) is 0 Å². The highest BCUT2D eigenvalue weighted by Crippen LogP contribution is 2.34. The van der Waals surface area contributed by atoms with Crippen molar-refractivity contribution in [1.29, 1.82) is 0 Å². The zero-order valence-corrected chi connectivity index (χ0v) is 6.45. The Balaban J connectivity index is 3.19. The highest BCUT2D eigenvalue weighted by molar-refractivity contribution is 5.16. The van der Waals surface area contributed by atoms with Crippen LogP contribution < -0.4 is 0 Å². The average Bonchev–Trinajstić information content (AvgIpc) is 2.27. The van der Waals surface area contributed by atoms with Gasteiger partial charge in [-0.05, 0) is 5.69 Å². The molecule has 8 heteroatoms. The summed E-state index contributed by atoms with van der Waals surface area (Å²) < 4.78 is 71.5. The summed E-state index contributed by atoms with van der Waals surface area (Å²) in [6, 6.07) is -0.0903. The first-order valence-electron chi connectivity index (χ1n) is 3.17. The number of alkyl halides is 6. The normalized spacial score (nSPS) is 13.3. The predicted octanol–water partition coefficient (Wildman–Crippen LogP) is 2.56. The van der Waals surface area contributed by atoms with E-state index < -0.39 is 23.7 Å². The monoisotopic (exact) mass is 217 g/mol. The molecule has 1 rings (SSSR count). The van der Waals surface area contributed by atoms with E-state index in [1.54, 1.807) is 0 Å². The summed E-state index contributed by atoms with van der Waals surface area (Å²) in [7, 11) is 2.71. The van der Waals surface area contributed by atoms with Crippen LogP contribution in [0, 0.1) is 7.05 Å². The molecule has 0 bridgehead atoms. The molecule has 1 aromatic rings. The third-order valence-corrected chi connectivity index (χ3v) is 1.36. The zero-order chi connectivity index (χ0) is 11.1. The molecule has 0 aliphatic rings. The minimum atomic E-state index is -4.90. The van der Waals surface area contributed by atoms with Crippen molar-refractivity contribution in [3.8, 4) is 0 Å². The Morgan fingerprint density at radius 2 is 1.57 bits per heavy atom. The molecule has 0 radical (unpaired) electrons. The Bertz CT molecular complexity index is 333. The summed E-state index contributed by atoms with van der Waals surface area (Å²) in [6.07, 6.45) is -9.79. The molecular formula is C6H3F6N2-.